The Hall–Kier alpha value is -2.73. The maximum absolute atomic E-state index is 10.0. The van der Waals surface area contributed by atoms with E-state index in [1.807, 2.05) is 12.1 Å². The summed E-state index contributed by atoms with van der Waals surface area (Å²) < 4.78 is 12.3. The van der Waals surface area contributed by atoms with Gasteiger partial charge < -0.3 is 9.47 Å². The van der Waals surface area contributed by atoms with Crippen LogP contribution >= 0.6 is 0 Å². The number of benzene rings is 2. The molecule has 0 radical (unpaired) electrons. The molecule has 37 heavy (non-hydrogen) atoms. The summed E-state index contributed by atoms with van der Waals surface area (Å²) in [5.41, 5.74) is 5.89. The highest BCUT2D eigenvalue weighted by Gasteiger charge is 2.11. The Morgan fingerprint density at radius 3 is 1.78 bits per heavy atom. The number of rotatable bonds is 18. The van der Waals surface area contributed by atoms with E-state index < -0.39 is 0 Å². The summed E-state index contributed by atoms with van der Waals surface area (Å²) >= 11 is 0. The van der Waals surface area contributed by atoms with Gasteiger partial charge in [0.25, 0.3) is 0 Å². The Kier molecular flexibility index (Phi) is 14.6. The fourth-order valence-corrected chi connectivity index (χ4v) is 4.61. The van der Waals surface area contributed by atoms with E-state index in [1.165, 1.54) is 64.2 Å². The van der Waals surface area contributed by atoms with Crippen molar-refractivity contribution in [3.8, 4) is 17.6 Å². The van der Waals surface area contributed by atoms with Crippen molar-refractivity contribution in [3.05, 3.63) is 58.1 Å². The van der Waals surface area contributed by atoms with Gasteiger partial charge in [-0.1, -0.05) is 96.3 Å². The highest BCUT2D eigenvalue weighted by Crippen LogP contribution is 2.30. The minimum Gasteiger partial charge on any atom is -0.493 e. The third-order valence-corrected chi connectivity index (χ3v) is 6.97. The van der Waals surface area contributed by atoms with Gasteiger partial charge in [-0.2, -0.15) is 5.26 Å². The molecule has 202 valence electrons. The van der Waals surface area contributed by atoms with Gasteiger partial charge in [-0.25, -0.2) is 0 Å². The van der Waals surface area contributed by atoms with Crippen molar-refractivity contribution in [1.82, 2.24) is 0 Å². The van der Waals surface area contributed by atoms with Crippen molar-refractivity contribution in [1.29, 1.82) is 5.26 Å². The van der Waals surface area contributed by atoms with Gasteiger partial charge in [-0.05, 0) is 79.6 Å². The van der Waals surface area contributed by atoms with Crippen molar-refractivity contribution < 1.29 is 9.47 Å². The van der Waals surface area contributed by atoms with E-state index in [4.69, 9.17) is 9.47 Å². The van der Waals surface area contributed by atoms with E-state index in [1.54, 1.807) is 0 Å². The van der Waals surface area contributed by atoms with E-state index >= 15 is 0 Å². The first-order valence-electron chi connectivity index (χ1n) is 14.6. The SMILES string of the molecule is CCCCCCCCOc1cc(C=C(C#N)c2cc(OCCCCCCCC)c(C)cc2C)ccc1C. The zero-order valence-electron chi connectivity index (χ0n) is 24.1. The topological polar surface area (TPSA) is 42.2 Å². The molecule has 0 aromatic heterocycles. The lowest BCUT2D eigenvalue weighted by molar-refractivity contribution is 0.302. The highest BCUT2D eigenvalue weighted by atomic mass is 16.5. The Morgan fingerprint density at radius 2 is 1.22 bits per heavy atom. The molecule has 0 unspecified atom stereocenters. The van der Waals surface area contributed by atoms with Gasteiger partial charge in [0.2, 0.25) is 0 Å². The zero-order chi connectivity index (χ0) is 26.9. The first-order valence-corrected chi connectivity index (χ1v) is 14.6. The predicted octanol–water partition coefficient (Wildman–Crippen LogP) is 10.2. The first-order chi connectivity index (χ1) is 18.0. The molecule has 0 fully saturated rings. The Labute approximate surface area is 226 Å². The van der Waals surface area contributed by atoms with Crippen LogP contribution in [0.2, 0.25) is 0 Å². The number of unbranched alkanes of at least 4 members (excludes halogenated alkanes) is 10. The third-order valence-electron chi connectivity index (χ3n) is 6.97. The second kappa shape index (κ2) is 17.7. The fourth-order valence-electron chi connectivity index (χ4n) is 4.61. The number of ether oxygens (including phenoxy) is 2. The van der Waals surface area contributed by atoms with Crippen LogP contribution in [0.3, 0.4) is 0 Å². The minimum absolute atomic E-state index is 0.646. The van der Waals surface area contributed by atoms with Crippen LogP contribution in [0.1, 0.15) is 119 Å². The van der Waals surface area contributed by atoms with E-state index in [9.17, 15) is 5.26 Å². The zero-order valence-corrected chi connectivity index (χ0v) is 24.1. The number of allylic oxidation sites excluding steroid dienone is 1. The molecule has 0 bridgehead atoms. The van der Waals surface area contributed by atoms with Crippen molar-refractivity contribution in [2.24, 2.45) is 0 Å². The number of hydrogen-bond acceptors (Lipinski definition) is 3. The lowest BCUT2D eigenvalue weighted by Gasteiger charge is -2.14. The largest absolute Gasteiger partial charge is 0.493 e. The van der Waals surface area contributed by atoms with Gasteiger partial charge in [0, 0.05) is 0 Å². The molecule has 0 aliphatic heterocycles. The van der Waals surface area contributed by atoms with E-state index in [0.717, 1.165) is 65.4 Å². The van der Waals surface area contributed by atoms with E-state index in [2.05, 4.69) is 65.0 Å². The van der Waals surface area contributed by atoms with Crippen LogP contribution in [0.15, 0.2) is 30.3 Å². The second-order valence-electron chi connectivity index (χ2n) is 10.4. The molecule has 2 aromatic rings. The molecule has 3 nitrogen and oxygen atoms in total. The van der Waals surface area contributed by atoms with Gasteiger partial charge in [0.15, 0.2) is 0 Å². The molecule has 0 heterocycles. The number of nitrogens with zero attached hydrogens (tertiary/aromatic N) is 1. The van der Waals surface area contributed by atoms with Crippen molar-refractivity contribution >= 4 is 11.6 Å². The summed E-state index contributed by atoms with van der Waals surface area (Å²) in [7, 11) is 0. The van der Waals surface area contributed by atoms with Crippen molar-refractivity contribution in [2.75, 3.05) is 13.2 Å². The molecule has 0 aliphatic rings. The molecule has 2 aromatic carbocycles. The second-order valence-corrected chi connectivity index (χ2v) is 10.4. The van der Waals surface area contributed by atoms with Crippen LogP contribution in [0.5, 0.6) is 11.5 Å². The molecular weight excluding hydrogens is 454 g/mol. The minimum atomic E-state index is 0.646. The number of nitriles is 1. The molecular formula is C34H49NO2. The van der Waals surface area contributed by atoms with Crippen LogP contribution in [0, 0.1) is 32.1 Å². The molecule has 3 heteroatoms. The summed E-state index contributed by atoms with van der Waals surface area (Å²) in [6.07, 6.45) is 16.9. The Balaban J connectivity index is 2.06. The monoisotopic (exact) mass is 503 g/mol. The lowest BCUT2D eigenvalue weighted by atomic mass is 9.96. The van der Waals surface area contributed by atoms with Gasteiger partial charge in [-0.3, -0.25) is 0 Å². The van der Waals surface area contributed by atoms with Crippen molar-refractivity contribution in [2.45, 2.75) is 112 Å². The van der Waals surface area contributed by atoms with Crippen LogP contribution in [-0.4, -0.2) is 13.2 Å². The van der Waals surface area contributed by atoms with Crippen molar-refractivity contribution in [3.63, 3.8) is 0 Å². The third kappa shape index (κ3) is 11.0. The van der Waals surface area contributed by atoms with Crippen LogP contribution in [0.25, 0.3) is 11.6 Å². The molecule has 0 atom stereocenters. The fraction of sp³-hybridized carbons (Fsp3) is 0.559. The molecule has 0 amide bonds. The van der Waals surface area contributed by atoms with Crippen LogP contribution < -0.4 is 9.47 Å². The molecule has 2 rings (SSSR count). The van der Waals surface area contributed by atoms with Gasteiger partial charge in [-0.15, -0.1) is 0 Å². The maximum Gasteiger partial charge on any atom is 0.122 e. The van der Waals surface area contributed by atoms with E-state index in [0.29, 0.717) is 5.57 Å². The molecule has 0 saturated heterocycles. The molecule has 0 N–H and O–H groups in total. The quantitative estimate of drug-likeness (QED) is 0.115. The predicted molar refractivity (Wildman–Crippen MR) is 158 cm³/mol. The Morgan fingerprint density at radius 1 is 0.676 bits per heavy atom. The summed E-state index contributed by atoms with van der Waals surface area (Å²) in [4.78, 5) is 0. The first kappa shape index (κ1) is 30.5. The highest BCUT2D eigenvalue weighted by molar-refractivity contribution is 5.91. The normalized spacial score (nSPS) is 11.4. The average Bonchev–Trinajstić information content (AvgIpc) is 2.89. The summed E-state index contributed by atoms with van der Waals surface area (Å²) in [5.74, 6) is 1.78. The molecule has 0 aliphatic carbocycles. The lowest BCUT2D eigenvalue weighted by Crippen LogP contribution is -2.01. The van der Waals surface area contributed by atoms with Gasteiger partial charge in [0.1, 0.15) is 11.5 Å². The van der Waals surface area contributed by atoms with Gasteiger partial charge >= 0.3 is 0 Å². The Bertz CT molecular complexity index is 1020. The molecule has 0 saturated carbocycles. The van der Waals surface area contributed by atoms with Gasteiger partial charge in [0.05, 0.1) is 24.9 Å². The summed E-state index contributed by atoms with van der Waals surface area (Å²) in [5, 5.41) is 10.0. The van der Waals surface area contributed by atoms with Crippen LogP contribution in [0.4, 0.5) is 0 Å². The standard InChI is InChI=1S/C34H49NO2/c1-6-8-10-12-14-16-20-36-33-24-30(19-18-27(33)3)23-31(26-35)32-25-34(29(5)22-28(32)4)37-21-17-15-13-11-9-7-2/h18-19,22-25H,6-17,20-21H2,1-5H3. The number of hydrogen-bond donors (Lipinski definition) is 0. The summed E-state index contributed by atoms with van der Waals surface area (Å²) in [6.45, 7) is 12.2. The van der Waals surface area contributed by atoms with E-state index in [-0.39, 0.29) is 0 Å². The maximum atomic E-state index is 10.0. The average molecular weight is 504 g/mol. The van der Waals surface area contributed by atoms with Crippen LogP contribution in [-0.2, 0) is 0 Å². The molecule has 0 spiro atoms. The number of aryl methyl sites for hydroxylation is 3. The smallest absolute Gasteiger partial charge is 0.122 e. The summed E-state index contributed by atoms with van der Waals surface area (Å²) in [6, 6.07) is 12.8.